The van der Waals surface area contributed by atoms with E-state index in [9.17, 15) is 9.90 Å². The number of aldehydes is 1. The van der Waals surface area contributed by atoms with Crippen molar-refractivity contribution in [2.45, 2.75) is 0 Å². The number of hydrogen-bond donors (Lipinski definition) is 1. The maximum atomic E-state index is 11.4. The average Bonchev–Trinajstić information content (AvgIpc) is 2.62. The first-order valence-corrected chi connectivity index (χ1v) is 7.25. The van der Waals surface area contributed by atoms with Crippen molar-refractivity contribution in [3.8, 4) is 33.8 Å². The summed E-state index contributed by atoms with van der Waals surface area (Å²) < 4.78 is 5.06. The highest BCUT2D eigenvalue weighted by Crippen LogP contribution is 2.35. The second-order valence-corrected chi connectivity index (χ2v) is 5.18. The lowest BCUT2D eigenvalue weighted by atomic mass is 9.96. The molecule has 0 radical (unpaired) electrons. The second kappa shape index (κ2) is 6.36. The standard InChI is InChI=1S/C20H16O3/c1-23-20-11-17(13-21)18(12-19(20)22)16-9-5-8-15(10-16)14-6-3-2-4-7-14/h2-13,22H,1H3. The second-order valence-electron chi connectivity index (χ2n) is 5.18. The molecule has 3 nitrogen and oxygen atoms in total. The van der Waals surface area contributed by atoms with Crippen LogP contribution >= 0.6 is 0 Å². The smallest absolute Gasteiger partial charge is 0.161 e. The molecular weight excluding hydrogens is 288 g/mol. The molecule has 23 heavy (non-hydrogen) atoms. The molecule has 3 aromatic carbocycles. The Labute approximate surface area is 134 Å². The molecule has 0 aromatic heterocycles. The first-order valence-electron chi connectivity index (χ1n) is 7.25. The zero-order valence-electron chi connectivity index (χ0n) is 12.7. The lowest BCUT2D eigenvalue weighted by Crippen LogP contribution is -1.92. The van der Waals surface area contributed by atoms with Crippen LogP contribution in [0.3, 0.4) is 0 Å². The third kappa shape index (κ3) is 2.94. The first-order chi connectivity index (χ1) is 11.2. The third-order valence-electron chi connectivity index (χ3n) is 3.76. The molecule has 1 N–H and O–H groups in total. The number of aromatic hydroxyl groups is 1. The van der Waals surface area contributed by atoms with Crippen molar-refractivity contribution in [3.63, 3.8) is 0 Å². The van der Waals surface area contributed by atoms with E-state index in [0.29, 0.717) is 11.1 Å². The summed E-state index contributed by atoms with van der Waals surface area (Å²) in [7, 11) is 1.46. The van der Waals surface area contributed by atoms with Crippen LogP contribution in [0, 0.1) is 0 Å². The molecule has 3 rings (SSSR count). The summed E-state index contributed by atoms with van der Waals surface area (Å²) in [6.07, 6.45) is 0.770. The Kier molecular flexibility index (Phi) is 4.11. The van der Waals surface area contributed by atoms with Gasteiger partial charge in [-0.1, -0.05) is 48.5 Å². The largest absolute Gasteiger partial charge is 0.504 e. The summed E-state index contributed by atoms with van der Waals surface area (Å²) >= 11 is 0. The zero-order chi connectivity index (χ0) is 16.2. The van der Waals surface area contributed by atoms with Gasteiger partial charge in [0.15, 0.2) is 17.8 Å². The average molecular weight is 304 g/mol. The van der Waals surface area contributed by atoms with Gasteiger partial charge >= 0.3 is 0 Å². The molecular formula is C20H16O3. The fourth-order valence-corrected chi connectivity index (χ4v) is 2.59. The Morgan fingerprint density at radius 3 is 2.26 bits per heavy atom. The zero-order valence-corrected chi connectivity index (χ0v) is 12.7. The van der Waals surface area contributed by atoms with Crippen LogP contribution in [0.1, 0.15) is 10.4 Å². The normalized spacial score (nSPS) is 10.3. The monoisotopic (exact) mass is 304 g/mol. The van der Waals surface area contributed by atoms with Crippen molar-refractivity contribution in [2.75, 3.05) is 7.11 Å². The molecule has 0 heterocycles. The summed E-state index contributed by atoms with van der Waals surface area (Å²) in [4.78, 5) is 11.4. The third-order valence-corrected chi connectivity index (χ3v) is 3.76. The van der Waals surface area contributed by atoms with Gasteiger partial charge in [0.2, 0.25) is 0 Å². The molecule has 3 heteroatoms. The van der Waals surface area contributed by atoms with Crippen LogP contribution in [0.4, 0.5) is 0 Å². The Morgan fingerprint density at radius 1 is 0.870 bits per heavy atom. The van der Waals surface area contributed by atoms with Gasteiger partial charge < -0.3 is 9.84 Å². The van der Waals surface area contributed by atoms with Crippen molar-refractivity contribution in [1.29, 1.82) is 0 Å². The number of benzene rings is 3. The van der Waals surface area contributed by atoms with Gasteiger partial charge in [-0.05, 0) is 40.5 Å². The molecule has 0 aliphatic carbocycles. The van der Waals surface area contributed by atoms with Gasteiger partial charge in [0.05, 0.1) is 7.11 Å². The quantitative estimate of drug-likeness (QED) is 0.719. The highest BCUT2D eigenvalue weighted by Gasteiger charge is 2.12. The Hall–Kier alpha value is -3.07. The summed E-state index contributed by atoms with van der Waals surface area (Å²) in [6.45, 7) is 0. The van der Waals surface area contributed by atoms with Gasteiger partial charge in [0.1, 0.15) is 0 Å². The van der Waals surface area contributed by atoms with Crippen molar-refractivity contribution in [3.05, 3.63) is 72.3 Å². The summed E-state index contributed by atoms with van der Waals surface area (Å²) in [5.41, 5.74) is 4.17. The van der Waals surface area contributed by atoms with E-state index < -0.39 is 0 Å². The maximum absolute atomic E-state index is 11.4. The predicted octanol–water partition coefficient (Wildman–Crippen LogP) is 4.55. The number of phenols is 1. The van der Waals surface area contributed by atoms with Gasteiger partial charge in [-0.15, -0.1) is 0 Å². The molecule has 0 aliphatic rings. The minimum Gasteiger partial charge on any atom is -0.504 e. The van der Waals surface area contributed by atoms with Crippen LogP contribution < -0.4 is 4.74 Å². The van der Waals surface area contributed by atoms with Crippen LogP contribution in [-0.2, 0) is 0 Å². The number of ether oxygens (including phenoxy) is 1. The van der Waals surface area contributed by atoms with Gasteiger partial charge in [-0.2, -0.15) is 0 Å². The Bertz CT molecular complexity index is 839. The minimum absolute atomic E-state index is 0.0122. The molecule has 0 unspecified atom stereocenters. The van der Waals surface area contributed by atoms with Crippen LogP contribution in [0.15, 0.2) is 66.7 Å². The molecule has 0 saturated carbocycles. The topological polar surface area (TPSA) is 46.5 Å². The number of rotatable bonds is 4. The van der Waals surface area contributed by atoms with Crippen LogP contribution in [0.25, 0.3) is 22.3 Å². The van der Waals surface area contributed by atoms with E-state index >= 15 is 0 Å². The molecule has 114 valence electrons. The van der Waals surface area contributed by atoms with Gasteiger partial charge in [0, 0.05) is 5.56 Å². The van der Waals surface area contributed by atoms with E-state index in [-0.39, 0.29) is 11.5 Å². The number of methoxy groups -OCH3 is 1. The van der Waals surface area contributed by atoms with Crippen molar-refractivity contribution in [2.24, 2.45) is 0 Å². The summed E-state index contributed by atoms with van der Waals surface area (Å²) in [6, 6.07) is 21.0. The van der Waals surface area contributed by atoms with Crippen LogP contribution in [0.5, 0.6) is 11.5 Å². The summed E-state index contributed by atoms with van der Waals surface area (Å²) in [5.74, 6) is 0.299. The van der Waals surface area contributed by atoms with Crippen molar-refractivity contribution < 1.29 is 14.6 Å². The molecule has 0 bridgehead atoms. The number of carbonyl (C=O) groups is 1. The molecule has 3 aromatic rings. The molecule has 0 atom stereocenters. The van der Waals surface area contributed by atoms with Gasteiger partial charge in [0.25, 0.3) is 0 Å². The molecule has 0 saturated heterocycles. The van der Waals surface area contributed by atoms with E-state index in [2.05, 4.69) is 0 Å². The Morgan fingerprint density at radius 2 is 1.57 bits per heavy atom. The van der Waals surface area contributed by atoms with Gasteiger partial charge in [-0.25, -0.2) is 0 Å². The lowest BCUT2D eigenvalue weighted by Gasteiger charge is -2.11. The van der Waals surface area contributed by atoms with E-state index in [4.69, 9.17) is 4.74 Å². The lowest BCUT2D eigenvalue weighted by molar-refractivity contribution is 0.112. The van der Waals surface area contributed by atoms with Crippen molar-refractivity contribution in [1.82, 2.24) is 0 Å². The highest BCUT2D eigenvalue weighted by atomic mass is 16.5. The van der Waals surface area contributed by atoms with Crippen LogP contribution in [0.2, 0.25) is 0 Å². The predicted molar refractivity (Wildman–Crippen MR) is 90.9 cm³/mol. The number of hydrogen-bond acceptors (Lipinski definition) is 3. The molecule has 0 spiro atoms. The first kappa shape index (κ1) is 14.9. The SMILES string of the molecule is COc1cc(C=O)c(-c2cccc(-c3ccccc3)c2)cc1O. The number of phenolic OH excluding ortho intramolecular Hbond substituents is 1. The van der Waals surface area contributed by atoms with Crippen molar-refractivity contribution >= 4 is 6.29 Å². The molecule has 0 fully saturated rings. The van der Waals surface area contributed by atoms with E-state index in [0.717, 1.165) is 23.0 Å². The summed E-state index contributed by atoms with van der Waals surface area (Å²) in [5, 5.41) is 10.0. The fraction of sp³-hybridized carbons (Fsp3) is 0.0500. The van der Waals surface area contributed by atoms with E-state index in [1.807, 2.05) is 54.6 Å². The van der Waals surface area contributed by atoms with E-state index in [1.165, 1.54) is 7.11 Å². The minimum atomic E-state index is 0.0122. The molecule has 0 amide bonds. The molecule has 0 aliphatic heterocycles. The highest BCUT2D eigenvalue weighted by molar-refractivity contribution is 5.90. The maximum Gasteiger partial charge on any atom is 0.161 e. The van der Waals surface area contributed by atoms with Crippen LogP contribution in [-0.4, -0.2) is 18.5 Å². The fourth-order valence-electron chi connectivity index (χ4n) is 2.59. The van der Waals surface area contributed by atoms with E-state index in [1.54, 1.807) is 12.1 Å². The Balaban J connectivity index is 2.13. The number of carbonyl (C=O) groups excluding carboxylic acids is 1. The van der Waals surface area contributed by atoms with Gasteiger partial charge in [-0.3, -0.25) is 4.79 Å².